The number of hydrogen-bond acceptors (Lipinski definition) is 5. The van der Waals surface area contributed by atoms with Crippen LogP contribution in [0.25, 0.3) is 10.8 Å². The number of benzene rings is 3. The topological polar surface area (TPSA) is 105 Å². The number of nitrogens with one attached hydrogen (secondary N) is 2. The van der Waals surface area contributed by atoms with E-state index in [1.807, 2.05) is 0 Å². The van der Waals surface area contributed by atoms with Gasteiger partial charge in [0.2, 0.25) is 0 Å². The number of anilines is 2. The number of carbonyl (C=O) groups excluding carboxylic acids is 2. The van der Waals surface area contributed by atoms with Crippen LogP contribution in [0.5, 0.6) is 5.75 Å². The van der Waals surface area contributed by atoms with Crippen LogP contribution in [0.3, 0.4) is 0 Å². The van der Waals surface area contributed by atoms with Gasteiger partial charge in [0.25, 0.3) is 21.8 Å². The Kier molecular flexibility index (Phi) is 4.83. The van der Waals surface area contributed by atoms with Crippen LogP contribution in [-0.2, 0) is 14.8 Å². The van der Waals surface area contributed by atoms with Gasteiger partial charge in [0, 0.05) is 41.8 Å². The summed E-state index contributed by atoms with van der Waals surface area (Å²) in [6.07, 6.45) is 0. The smallest absolute Gasteiger partial charge is 0.262 e. The fourth-order valence-electron chi connectivity index (χ4n) is 3.20. The molecule has 0 spiro atoms. The van der Waals surface area contributed by atoms with Gasteiger partial charge in [0.05, 0.1) is 4.90 Å². The molecule has 2 N–H and O–H groups in total. The van der Waals surface area contributed by atoms with Gasteiger partial charge in [0.1, 0.15) is 5.75 Å². The monoisotopic (exact) mass is 425 g/mol. The zero-order valence-corrected chi connectivity index (χ0v) is 17.1. The number of likely N-dealkylation sites (N-methyl/N-ethyl adjacent to an activating group) is 1. The Bertz CT molecular complexity index is 1270. The van der Waals surface area contributed by atoms with Crippen molar-refractivity contribution in [1.29, 1.82) is 0 Å². The maximum Gasteiger partial charge on any atom is 0.262 e. The Hall–Kier alpha value is -3.59. The summed E-state index contributed by atoms with van der Waals surface area (Å²) in [6, 6.07) is 14.3. The molecule has 0 unspecified atom stereocenters. The fourth-order valence-corrected chi connectivity index (χ4v) is 4.46. The number of carbonyl (C=O) groups is 2. The van der Waals surface area contributed by atoms with Crippen molar-refractivity contribution in [3.63, 3.8) is 0 Å². The van der Waals surface area contributed by atoms with Gasteiger partial charge in [-0.05, 0) is 42.5 Å². The molecule has 0 aliphatic carbocycles. The summed E-state index contributed by atoms with van der Waals surface area (Å²) in [7, 11) is -0.634. The molecule has 0 aromatic heterocycles. The van der Waals surface area contributed by atoms with E-state index in [0.29, 0.717) is 33.5 Å². The molecule has 0 radical (unpaired) electrons. The van der Waals surface area contributed by atoms with E-state index in [1.54, 1.807) is 62.6 Å². The Morgan fingerprint density at radius 2 is 1.80 bits per heavy atom. The Morgan fingerprint density at radius 3 is 2.50 bits per heavy atom. The first-order chi connectivity index (χ1) is 14.3. The molecule has 154 valence electrons. The van der Waals surface area contributed by atoms with Gasteiger partial charge in [0.15, 0.2) is 6.61 Å². The summed E-state index contributed by atoms with van der Waals surface area (Å²) >= 11 is 0. The number of ether oxygens (including phenoxy) is 1. The first-order valence-corrected chi connectivity index (χ1v) is 10.6. The van der Waals surface area contributed by atoms with Crippen LogP contribution < -0.4 is 14.8 Å². The second kappa shape index (κ2) is 7.34. The van der Waals surface area contributed by atoms with E-state index in [-0.39, 0.29) is 23.3 Å². The lowest BCUT2D eigenvalue weighted by molar-refractivity contribution is -0.130. The second-order valence-corrected chi connectivity index (χ2v) is 8.65. The molecule has 0 saturated heterocycles. The van der Waals surface area contributed by atoms with Gasteiger partial charge >= 0.3 is 0 Å². The fraction of sp³-hybridized carbons (Fsp3) is 0.143. The molecule has 2 amide bonds. The van der Waals surface area contributed by atoms with E-state index >= 15 is 0 Å². The molecule has 30 heavy (non-hydrogen) atoms. The summed E-state index contributed by atoms with van der Waals surface area (Å²) in [5.74, 6) is 0.0179. The molecule has 1 aliphatic rings. The predicted molar refractivity (Wildman–Crippen MR) is 113 cm³/mol. The van der Waals surface area contributed by atoms with Crippen LogP contribution in [0.4, 0.5) is 11.4 Å². The molecule has 9 heteroatoms. The maximum atomic E-state index is 13.0. The van der Waals surface area contributed by atoms with E-state index in [0.717, 1.165) is 0 Å². The normalized spacial score (nSPS) is 12.5. The van der Waals surface area contributed by atoms with Crippen molar-refractivity contribution in [2.75, 3.05) is 30.7 Å². The molecule has 3 aromatic rings. The molecule has 1 heterocycles. The number of amides is 2. The lowest BCUT2D eigenvalue weighted by atomic mass is 10.1. The molecule has 1 aliphatic heterocycles. The predicted octanol–water partition coefficient (Wildman–Crippen LogP) is 2.67. The quantitative estimate of drug-likeness (QED) is 0.632. The van der Waals surface area contributed by atoms with E-state index in [9.17, 15) is 18.0 Å². The van der Waals surface area contributed by atoms with Gasteiger partial charge in [-0.15, -0.1) is 0 Å². The van der Waals surface area contributed by atoms with Crippen molar-refractivity contribution in [3.8, 4) is 5.75 Å². The molecule has 4 rings (SSSR count). The summed E-state index contributed by atoms with van der Waals surface area (Å²) in [4.78, 5) is 25.1. The number of sulfonamides is 1. The number of hydrogen-bond donors (Lipinski definition) is 2. The molecule has 8 nitrogen and oxygen atoms in total. The van der Waals surface area contributed by atoms with Crippen molar-refractivity contribution in [3.05, 3.63) is 60.2 Å². The largest absolute Gasteiger partial charge is 0.484 e. The lowest BCUT2D eigenvalue weighted by Gasteiger charge is -2.13. The minimum atomic E-state index is -3.90. The highest BCUT2D eigenvalue weighted by molar-refractivity contribution is 7.93. The molecule has 0 atom stereocenters. The van der Waals surface area contributed by atoms with Crippen molar-refractivity contribution in [2.45, 2.75) is 4.90 Å². The van der Waals surface area contributed by atoms with E-state index in [1.165, 1.54) is 11.0 Å². The van der Waals surface area contributed by atoms with Crippen LogP contribution in [0.1, 0.15) is 10.4 Å². The van der Waals surface area contributed by atoms with Crippen molar-refractivity contribution in [2.24, 2.45) is 0 Å². The first kappa shape index (κ1) is 19.7. The molecule has 0 fully saturated rings. The summed E-state index contributed by atoms with van der Waals surface area (Å²) < 4.78 is 34.0. The van der Waals surface area contributed by atoms with E-state index in [2.05, 4.69) is 10.0 Å². The molecular formula is C21H19N3O5S. The van der Waals surface area contributed by atoms with Crippen LogP contribution in [0.15, 0.2) is 59.5 Å². The van der Waals surface area contributed by atoms with Crippen LogP contribution in [0.2, 0.25) is 0 Å². The van der Waals surface area contributed by atoms with Gasteiger partial charge < -0.3 is 15.0 Å². The average Bonchev–Trinajstić information content (AvgIpc) is 3.04. The summed E-state index contributed by atoms with van der Waals surface area (Å²) in [6.45, 7) is -0.106. The van der Waals surface area contributed by atoms with Crippen LogP contribution >= 0.6 is 0 Å². The third-order valence-corrected chi connectivity index (χ3v) is 6.19. The SMILES string of the molecule is CN(C)C(=O)COc1ccc(NS(=O)(=O)c2ccc3c4c(cccc24)C(=O)N3)cc1. The van der Waals surface area contributed by atoms with Gasteiger partial charge in [-0.25, -0.2) is 8.42 Å². The second-order valence-electron chi connectivity index (χ2n) is 7.00. The first-order valence-electron chi connectivity index (χ1n) is 9.09. The van der Waals surface area contributed by atoms with Crippen molar-refractivity contribution >= 4 is 44.0 Å². The van der Waals surface area contributed by atoms with Gasteiger partial charge in [-0.1, -0.05) is 12.1 Å². The van der Waals surface area contributed by atoms with Crippen LogP contribution in [-0.4, -0.2) is 45.8 Å². The highest BCUT2D eigenvalue weighted by Crippen LogP contribution is 2.37. The molecule has 3 aromatic carbocycles. The maximum absolute atomic E-state index is 13.0. The summed E-state index contributed by atoms with van der Waals surface area (Å²) in [5.41, 5.74) is 1.39. The average molecular weight is 425 g/mol. The van der Waals surface area contributed by atoms with E-state index in [4.69, 9.17) is 4.74 Å². The Morgan fingerprint density at radius 1 is 1.07 bits per heavy atom. The molecule has 0 bridgehead atoms. The minimum absolute atomic E-state index is 0.0801. The Labute approximate surface area is 173 Å². The number of rotatable bonds is 6. The van der Waals surface area contributed by atoms with Crippen molar-refractivity contribution < 1.29 is 22.7 Å². The number of nitrogens with zero attached hydrogens (tertiary/aromatic N) is 1. The summed E-state index contributed by atoms with van der Waals surface area (Å²) in [5, 5.41) is 3.80. The van der Waals surface area contributed by atoms with E-state index < -0.39 is 10.0 Å². The Balaban J connectivity index is 1.58. The van der Waals surface area contributed by atoms with Crippen LogP contribution in [0, 0.1) is 0 Å². The lowest BCUT2D eigenvalue weighted by Crippen LogP contribution is -2.27. The minimum Gasteiger partial charge on any atom is -0.484 e. The third kappa shape index (κ3) is 3.55. The van der Waals surface area contributed by atoms with Gasteiger partial charge in [-0.3, -0.25) is 14.3 Å². The standard InChI is InChI=1S/C21H19N3O5S/c1-24(2)19(25)12-29-14-8-6-13(7-9-14)23-30(27,28)18-11-10-17-20-15(18)4-3-5-16(20)21(26)22-17/h3-11,23H,12H2,1-2H3,(H,22,26). The highest BCUT2D eigenvalue weighted by Gasteiger charge is 2.26. The third-order valence-electron chi connectivity index (χ3n) is 4.75. The molecular weight excluding hydrogens is 406 g/mol. The highest BCUT2D eigenvalue weighted by atomic mass is 32.2. The molecule has 0 saturated carbocycles. The van der Waals surface area contributed by atoms with Gasteiger partial charge in [-0.2, -0.15) is 0 Å². The zero-order chi connectivity index (χ0) is 21.5. The van der Waals surface area contributed by atoms with Crippen molar-refractivity contribution in [1.82, 2.24) is 4.90 Å². The zero-order valence-electron chi connectivity index (χ0n) is 16.3.